The summed E-state index contributed by atoms with van der Waals surface area (Å²) in [6, 6.07) is 19.2. The molecule has 0 unspecified atom stereocenters. The zero-order chi connectivity index (χ0) is 21.4. The number of hydrogen-bond donors (Lipinski definition) is 1. The van der Waals surface area contributed by atoms with Crippen LogP contribution in [0.25, 0.3) is 27.7 Å². The molecule has 1 aliphatic heterocycles. The summed E-state index contributed by atoms with van der Waals surface area (Å²) in [6.07, 6.45) is 3.87. The number of aromatic nitrogens is 2. The number of carbonyl (C=O) groups is 1. The van der Waals surface area contributed by atoms with Crippen molar-refractivity contribution in [2.24, 2.45) is 0 Å². The van der Waals surface area contributed by atoms with E-state index in [1.54, 1.807) is 0 Å². The molecule has 31 heavy (non-hydrogen) atoms. The fourth-order valence-corrected chi connectivity index (χ4v) is 4.05. The molecular weight excluding hydrogens is 388 g/mol. The van der Waals surface area contributed by atoms with E-state index in [2.05, 4.69) is 16.9 Å². The Morgan fingerprint density at radius 1 is 0.935 bits per heavy atom. The minimum Gasteiger partial charge on any atom is -0.336 e. The van der Waals surface area contributed by atoms with E-state index in [9.17, 15) is 9.59 Å². The average molecular weight is 412 g/mol. The Bertz CT molecular complexity index is 1300. The molecule has 3 heterocycles. The van der Waals surface area contributed by atoms with Gasteiger partial charge in [-0.25, -0.2) is 0 Å². The number of nitrogens with zero attached hydrogens (tertiary/aromatic N) is 3. The molecule has 0 bridgehead atoms. The number of fused-ring (bicyclic) bond motifs is 1. The minimum atomic E-state index is -0.107. The molecule has 1 fully saturated rings. The lowest BCUT2D eigenvalue weighted by Gasteiger charge is -2.32. The summed E-state index contributed by atoms with van der Waals surface area (Å²) < 4.78 is 1.97. The molecule has 2 aromatic heterocycles. The van der Waals surface area contributed by atoms with Crippen molar-refractivity contribution >= 4 is 16.8 Å². The predicted octanol–water partition coefficient (Wildman–Crippen LogP) is 3.37. The highest BCUT2D eigenvalue weighted by atomic mass is 16.2. The first-order valence-corrected chi connectivity index (χ1v) is 10.5. The van der Waals surface area contributed by atoms with Gasteiger partial charge in [-0.2, -0.15) is 0 Å². The third-order valence-electron chi connectivity index (χ3n) is 5.96. The van der Waals surface area contributed by atoms with Crippen LogP contribution in [0.2, 0.25) is 0 Å². The molecule has 0 spiro atoms. The van der Waals surface area contributed by atoms with Crippen molar-refractivity contribution in [3.8, 4) is 16.8 Å². The third kappa shape index (κ3) is 3.78. The van der Waals surface area contributed by atoms with Crippen molar-refractivity contribution < 1.29 is 4.79 Å². The van der Waals surface area contributed by atoms with E-state index in [0.717, 1.165) is 48.3 Å². The second kappa shape index (κ2) is 7.89. The van der Waals surface area contributed by atoms with E-state index in [-0.39, 0.29) is 11.5 Å². The zero-order valence-corrected chi connectivity index (χ0v) is 17.4. The van der Waals surface area contributed by atoms with E-state index < -0.39 is 0 Å². The summed E-state index contributed by atoms with van der Waals surface area (Å²) in [5.41, 5.74) is 3.86. The van der Waals surface area contributed by atoms with Crippen molar-refractivity contribution in [2.75, 3.05) is 33.2 Å². The molecule has 1 aliphatic rings. The van der Waals surface area contributed by atoms with E-state index in [1.807, 2.05) is 82.5 Å². The number of aromatic amines is 1. The third-order valence-corrected chi connectivity index (χ3v) is 5.96. The summed E-state index contributed by atoms with van der Waals surface area (Å²) in [4.78, 5) is 32.4. The highest BCUT2D eigenvalue weighted by Crippen LogP contribution is 2.22. The van der Waals surface area contributed by atoms with Crippen LogP contribution >= 0.6 is 0 Å². The van der Waals surface area contributed by atoms with E-state index in [0.29, 0.717) is 11.1 Å². The molecule has 2 aromatic carbocycles. The predicted molar refractivity (Wildman–Crippen MR) is 123 cm³/mol. The summed E-state index contributed by atoms with van der Waals surface area (Å²) >= 11 is 0. The number of H-pyrrole nitrogens is 1. The minimum absolute atomic E-state index is 0.0792. The maximum absolute atomic E-state index is 12.8. The van der Waals surface area contributed by atoms with Crippen molar-refractivity contribution in [2.45, 2.75) is 0 Å². The molecular formula is C25H24N4O2. The standard InChI is InChI=1S/C25H24N4O2/c1-27-12-14-28(15-13-27)25(31)18-6-8-21(9-7-18)29-11-10-20(17-29)22-16-19-4-2-3-5-23(19)26-24(22)30/h2-11,16-17H,12-15H2,1H3,(H,26,30). The van der Waals surface area contributed by atoms with Crippen LogP contribution in [0.4, 0.5) is 0 Å². The lowest BCUT2D eigenvalue weighted by Crippen LogP contribution is -2.47. The molecule has 0 radical (unpaired) electrons. The second-order valence-corrected chi connectivity index (χ2v) is 8.05. The zero-order valence-electron chi connectivity index (χ0n) is 17.4. The molecule has 0 aliphatic carbocycles. The first-order valence-electron chi connectivity index (χ1n) is 10.5. The number of carbonyl (C=O) groups excluding carboxylic acids is 1. The topological polar surface area (TPSA) is 61.3 Å². The number of amides is 1. The quantitative estimate of drug-likeness (QED) is 0.561. The maximum Gasteiger partial charge on any atom is 0.256 e. The first kappa shape index (κ1) is 19.3. The summed E-state index contributed by atoms with van der Waals surface area (Å²) in [7, 11) is 2.08. The van der Waals surface area contributed by atoms with Gasteiger partial charge in [0.1, 0.15) is 0 Å². The Hall–Kier alpha value is -3.64. The Kier molecular flexibility index (Phi) is 4.92. The van der Waals surface area contributed by atoms with Gasteiger partial charge in [0, 0.05) is 66.5 Å². The molecule has 6 nitrogen and oxygen atoms in total. The lowest BCUT2D eigenvalue weighted by molar-refractivity contribution is 0.0664. The number of hydrogen-bond acceptors (Lipinski definition) is 3. The maximum atomic E-state index is 12.8. The molecule has 4 aromatic rings. The van der Waals surface area contributed by atoms with Gasteiger partial charge >= 0.3 is 0 Å². The molecule has 156 valence electrons. The Morgan fingerprint density at radius 2 is 1.68 bits per heavy atom. The first-order chi connectivity index (χ1) is 15.1. The van der Waals surface area contributed by atoms with Crippen molar-refractivity contribution in [3.05, 3.63) is 89.0 Å². The van der Waals surface area contributed by atoms with Gasteiger partial charge in [0.25, 0.3) is 11.5 Å². The number of rotatable bonds is 3. The van der Waals surface area contributed by atoms with Crippen LogP contribution in [-0.4, -0.2) is 58.5 Å². The van der Waals surface area contributed by atoms with Gasteiger partial charge in [0.05, 0.1) is 0 Å². The van der Waals surface area contributed by atoms with E-state index in [1.165, 1.54) is 0 Å². The van der Waals surface area contributed by atoms with Gasteiger partial charge in [0.2, 0.25) is 0 Å². The smallest absolute Gasteiger partial charge is 0.256 e. The van der Waals surface area contributed by atoms with E-state index >= 15 is 0 Å². The van der Waals surface area contributed by atoms with Gasteiger partial charge in [-0.15, -0.1) is 0 Å². The van der Waals surface area contributed by atoms with Crippen molar-refractivity contribution in [1.29, 1.82) is 0 Å². The SMILES string of the molecule is CN1CCN(C(=O)c2ccc(-n3ccc(-c4cc5ccccc5[nH]c4=O)c3)cc2)CC1. The number of pyridine rings is 1. The summed E-state index contributed by atoms with van der Waals surface area (Å²) in [5, 5.41) is 0.997. The highest BCUT2D eigenvalue weighted by molar-refractivity contribution is 5.94. The molecule has 1 amide bonds. The van der Waals surface area contributed by atoms with Crippen LogP contribution < -0.4 is 5.56 Å². The second-order valence-electron chi connectivity index (χ2n) is 8.05. The number of nitrogens with one attached hydrogen (secondary N) is 1. The Morgan fingerprint density at radius 3 is 2.45 bits per heavy atom. The molecule has 0 atom stereocenters. The fourth-order valence-electron chi connectivity index (χ4n) is 4.05. The Labute approximate surface area is 180 Å². The molecule has 6 heteroatoms. The van der Waals surface area contributed by atoms with E-state index in [4.69, 9.17) is 0 Å². The van der Waals surface area contributed by atoms with Gasteiger partial charge in [0.15, 0.2) is 0 Å². The fraction of sp³-hybridized carbons (Fsp3) is 0.200. The normalized spacial score (nSPS) is 14.8. The average Bonchev–Trinajstić information content (AvgIpc) is 3.29. The summed E-state index contributed by atoms with van der Waals surface area (Å²) in [5.74, 6) is 0.0792. The lowest BCUT2D eigenvalue weighted by atomic mass is 10.1. The van der Waals surface area contributed by atoms with Crippen LogP contribution in [0, 0.1) is 0 Å². The van der Waals surface area contributed by atoms with Gasteiger partial charge in [-0.1, -0.05) is 18.2 Å². The Balaban J connectivity index is 1.38. The van der Waals surface area contributed by atoms with Gasteiger partial charge < -0.3 is 19.4 Å². The van der Waals surface area contributed by atoms with Crippen LogP contribution in [0.1, 0.15) is 10.4 Å². The van der Waals surface area contributed by atoms with Gasteiger partial charge in [-0.05, 0) is 54.9 Å². The van der Waals surface area contributed by atoms with Crippen LogP contribution in [0.5, 0.6) is 0 Å². The number of para-hydroxylation sites is 1. The van der Waals surface area contributed by atoms with Crippen LogP contribution in [-0.2, 0) is 0 Å². The summed E-state index contributed by atoms with van der Waals surface area (Å²) in [6.45, 7) is 3.34. The van der Waals surface area contributed by atoms with Gasteiger partial charge in [-0.3, -0.25) is 9.59 Å². The largest absolute Gasteiger partial charge is 0.336 e. The molecule has 0 saturated carbocycles. The molecule has 1 N–H and O–H groups in total. The van der Waals surface area contributed by atoms with Crippen molar-refractivity contribution in [3.63, 3.8) is 0 Å². The number of benzene rings is 2. The highest BCUT2D eigenvalue weighted by Gasteiger charge is 2.20. The monoisotopic (exact) mass is 412 g/mol. The van der Waals surface area contributed by atoms with Crippen LogP contribution in [0.15, 0.2) is 77.9 Å². The number of piperazine rings is 1. The molecule has 1 saturated heterocycles. The number of likely N-dealkylation sites (N-methyl/N-ethyl adjacent to an activating group) is 1. The molecule has 5 rings (SSSR count). The van der Waals surface area contributed by atoms with Crippen LogP contribution in [0.3, 0.4) is 0 Å². The van der Waals surface area contributed by atoms with Crippen molar-refractivity contribution in [1.82, 2.24) is 19.4 Å².